The van der Waals surface area contributed by atoms with Gasteiger partial charge in [-0.25, -0.2) is 4.98 Å². The van der Waals surface area contributed by atoms with Gasteiger partial charge in [-0.3, -0.25) is 4.40 Å². The Labute approximate surface area is 82.2 Å². The number of pyridine rings is 1. The van der Waals surface area contributed by atoms with Gasteiger partial charge in [0.2, 0.25) is 0 Å². The van der Waals surface area contributed by atoms with Gasteiger partial charge in [-0.15, -0.1) is 0 Å². The average molecular weight is 195 g/mol. The van der Waals surface area contributed by atoms with E-state index in [2.05, 4.69) is 11.9 Å². The fourth-order valence-corrected chi connectivity index (χ4v) is 1.90. The van der Waals surface area contributed by atoms with Crippen LogP contribution in [0.1, 0.15) is 18.3 Å². The number of imidazole rings is 1. The molecule has 0 fully saturated rings. The van der Waals surface area contributed by atoms with Crippen LogP contribution in [0.4, 0.5) is 0 Å². The van der Waals surface area contributed by atoms with Crippen LogP contribution in [0.5, 0.6) is 0 Å². The lowest BCUT2D eigenvalue weighted by molar-refractivity contribution is 0.978. The van der Waals surface area contributed by atoms with Crippen LogP contribution in [0.15, 0.2) is 18.2 Å². The fourth-order valence-electron chi connectivity index (χ4n) is 1.64. The normalized spacial score (nSPS) is 11.0. The van der Waals surface area contributed by atoms with Crippen molar-refractivity contribution < 1.29 is 0 Å². The van der Waals surface area contributed by atoms with Gasteiger partial charge in [-0.1, -0.05) is 24.6 Å². The summed E-state index contributed by atoms with van der Waals surface area (Å²) in [4.78, 5) is 4.42. The summed E-state index contributed by atoms with van der Waals surface area (Å²) in [6.45, 7) is 4.13. The Morgan fingerprint density at radius 3 is 2.92 bits per heavy atom. The first kappa shape index (κ1) is 8.57. The number of hydrogen-bond acceptors (Lipinski definition) is 1. The smallest absolute Gasteiger partial charge is 0.138 e. The number of hydrogen-bond donors (Lipinski definition) is 0. The maximum Gasteiger partial charge on any atom is 0.138 e. The van der Waals surface area contributed by atoms with Gasteiger partial charge in [0.1, 0.15) is 10.8 Å². The molecule has 0 atom stereocenters. The van der Waals surface area contributed by atoms with Crippen molar-refractivity contribution in [2.24, 2.45) is 0 Å². The van der Waals surface area contributed by atoms with Gasteiger partial charge >= 0.3 is 0 Å². The van der Waals surface area contributed by atoms with Crippen LogP contribution in [-0.4, -0.2) is 9.38 Å². The summed E-state index contributed by atoms with van der Waals surface area (Å²) in [6, 6.07) is 5.77. The predicted molar refractivity (Wildman–Crippen MR) is 54.3 cm³/mol. The summed E-state index contributed by atoms with van der Waals surface area (Å²) in [5, 5.41) is 0.731. The zero-order valence-electron chi connectivity index (χ0n) is 7.71. The molecule has 2 nitrogen and oxygen atoms in total. The Bertz CT molecular complexity index is 445. The third kappa shape index (κ3) is 1.22. The molecular formula is C10H11ClN2. The Morgan fingerprint density at radius 2 is 2.23 bits per heavy atom. The quantitative estimate of drug-likeness (QED) is 0.639. The minimum Gasteiger partial charge on any atom is -0.287 e. The summed E-state index contributed by atoms with van der Waals surface area (Å²) in [5.74, 6) is 0. The van der Waals surface area contributed by atoms with Crippen molar-refractivity contribution in [3.8, 4) is 0 Å². The van der Waals surface area contributed by atoms with Crippen molar-refractivity contribution in [1.82, 2.24) is 9.38 Å². The van der Waals surface area contributed by atoms with Crippen LogP contribution < -0.4 is 0 Å². The van der Waals surface area contributed by atoms with E-state index in [1.54, 1.807) is 0 Å². The molecule has 0 unspecified atom stereocenters. The Kier molecular flexibility index (Phi) is 2.00. The summed E-state index contributed by atoms with van der Waals surface area (Å²) in [5.41, 5.74) is 3.19. The zero-order chi connectivity index (χ0) is 9.42. The Hall–Kier alpha value is -1.02. The van der Waals surface area contributed by atoms with Gasteiger partial charge in [0.05, 0.1) is 5.69 Å². The molecule has 0 spiro atoms. The number of halogens is 1. The molecule has 0 amide bonds. The van der Waals surface area contributed by atoms with Crippen molar-refractivity contribution >= 4 is 17.2 Å². The summed E-state index contributed by atoms with van der Waals surface area (Å²) < 4.78 is 2.00. The van der Waals surface area contributed by atoms with Gasteiger partial charge in [0.15, 0.2) is 0 Å². The second kappa shape index (κ2) is 3.04. The molecule has 0 saturated heterocycles. The van der Waals surface area contributed by atoms with E-state index in [4.69, 9.17) is 11.6 Å². The molecule has 0 aliphatic carbocycles. The van der Waals surface area contributed by atoms with Gasteiger partial charge < -0.3 is 0 Å². The molecule has 68 valence electrons. The van der Waals surface area contributed by atoms with Crippen molar-refractivity contribution in [2.75, 3.05) is 0 Å². The maximum absolute atomic E-state index is 6.08. The highest BCUT2D eigenvalue weighted by molar-refractivity contribution is 6.29. The lowest BCUT2D eigenvalue weighted by atomic mass is 10.3. The molecule has 2 aromatic heterocycles. The number of aryl methyl sites for hydroxylation is 2. The highest BCUT2D eigenvalue weighted by Gasteiger charge is 2.07. The molecule has 0 aromatic carbocycles. The average Bonchev–Trinajstić information content (AvgIpc) is 2.42. The van der Waals surface area contributed by atoms with Crippen LogP contribution in [-0.2, 0) is 6.42 Å². The lowest BCUT2D eigenvalue weighted by Crippen LogP contribution is -1.93. The molecular weight excluding hydrogens is 184 g/mol. The van der Waals surface area contributed by atoms with Gasteiger partial charge in [0, 0.05) is 5.69 Å². The summed E-state index contributed by atoms with van der Waals surface area (Å²) in [7, 11) is 0. The third-order valence-electron chi connectivity index (χ3n) is 2.23. The molecule has 3 heteroatoms. The highest BCUT2D eigenvalue weighted by Crippen LogP contribution is 2.18. The Morgan fingerprint density at radius 1 is 1.46 bits per heavy atom. The van der Waals surface area contributed by atoms with Crippen molar-refractivity contribution in [3.63, 3.8) is 0 Å². The van der Waals surface area contributed by atoms with Crippen LogP contribution in [0, 0.1) is 6.92 Å². The SMILES string of the molecule is CCc1c(C)nc2cccc(Cl)n12. The highest BCUT2D eigenvalue weighted by atomic mass is 35.5. The number of aromatic nitrogens is 2. The van der Waals surface area contributed by atoms with Crippen LogP contribution in [0.3, 0.4) is 0 Å². The monoisotopic (exact) mass is 194 g/mol. The molecule has 0 N–H and O–H groups in total. The molecule has 0 saturated carbocycles. The summed E-state index contributed by atoms with van der Waals surface area (Å²) >= 11 is 6.08. The first-order valence-electron chi connectivity index (χ1n) is 4.36. The van der Waals surface area contributed by atoms with E-state index >= 15 is 0 Å². The molecule has 0 radical (unpaired) electrons. The van der Waals surface area contributed by atoms with E-state index in [-0.39, 0.29) is 0 Å². The van der Waals surface area contributed by atoms with Crippen molar-refractivity contribution in [3.05, 3.63) is 34.7 Å². The molecule has 0 aliphatic rings. The van der Waals surface area contributed by atoms with E-state index in [1.165, 1.54) is 5.69 Å². The Balaban J connectivity index is 2.88. The van der Waals surface area contributed by atoms with Crippen molar-refractivity contribution in [2.45, 2.75) is 20.3 Å². The van der Waals surface area contributed by atoms with Crippen LogP contribution >= 0.6 is 11.6 Å². The third-order valence-corrected chi connectivity index (χ3v) is 2.52. The van der Waals surface area contributed by atoms with E-state index in [9.17, 15) is 0 Å². The standard InChI is InChI=1S/C10H11ClN2/c1-3-8-7(2)12-10-6-4-5-9(11)13(8)10/h4-6H,3H2,1-2H3. The maximum atomic E-state index is 6.08. The number of fused-ring (bicyclic) bond motifs is 1. The largest absolute Gasteiger partial charge is 0.287 e. The molecule has 2 heterocycles. The van der Waals surface area contributed by atoms with Crippen LogP contribution in [0.2, 0.25) is 5.15 Å². The minimum atomic E-state index is 0.731. The topological polar surface area (TPSA) is 17.3 Å². The number of nitrogens with zero attached hydrogens (tertiary/aromatic N) is 2. The molecule has 0 aliphatic heterocycles. The molecule has 2 aromatic rings. The molecule has 0 bridgehead atoms. The lowest BCUT2D eigenvalue weighted by Gasteiger charge is -2.00. The minimum absolute atomic E-state index is 0.731. The molecule has 13 heavy (non-hydrogen) atoms. The molecule has 2 rings (SSSR count). The second-order valence-electron chi connectivity index (χ2n) is 3.04. The van der Waals surface area contributed by atoms with Gasteiger partial charge in [0.25, 0.3) is 0 Å². The predicted octanol–water partition coefficient (Wildman–Crippen LogP) is 2.86. The van der Waals surface area contributed by atoms with Gasteiger partial charge in [-0.2, -0.15) is 0 Å². The van der Waals surface area contributed by atoms with Gasteiger partial charge in [-0.05, 0) is 25.5 Å². The first-order valence-corrected chi connectivity index (χ1v) is 4.74. The van der Waals surface area contributed by atoms with E-state index < -0.39 is 0 Å². The van der Waals surface area contributed by atoms with E-state index in [1.807, 2.05) is 29.5 Å². The van der Waals surface area contributed by atoms with Crippen LogP contribution in [0.25, 0.3) is 5.65 Å². The summed E-state index contributed by atoms with van der Waals surface area (Å²) in [6.07, 6.45) is 0.955. The van der Waals surface area contributed by atoms with E-state index in [0.717, 1.165) is 22.9 Å². The second-order valence-corrected chi connectivity index (χ2v) is 3.43. The number of rotatable bonds is 1. The van der Waals surface area contributed by atoms with E-state index in [0.29, 0.717) is 0 Å². The zero-order valence-corrected chi connectivity index (χ0v) is 8.47. The van der Waals surface area contributed by atoms with Crippen molar-refractivity contribution in [1.29, 1.82) is 0 Å². The fraction of sp³-hybridized carbons (Fsp3) is 0.300. The first-order chi connectivity index (χ1) is 6.24.